The number of methoxy groups -OCH3 is 1. The molecule has 8 heteroatoms. The molecule has 104 valence electrons. The second kappa shape index (κ2) is 6.21. The van der Waals surface area contributed by atoms with Gasteiger partial charge in [0, 0.05) is 24.8 Å². The number of nitrogens with zero attached hydrogens (tertiary/aromatic N) is 2. The SMILES string of the molecule is COCc1[nH]c(-c2ccc([N+](=O)[O-])cc2)nc(=S)c1Br. The smallest absolute Gasteiger partial charge is 0.269 e. The van der Waals surface area contributed by atoms with Gasteiger partial charge in [-0.3, -0.25) is 10.1 Å². The van der Waals surface area contributed by atoms with Crippen molar-refractivity contribution in [1.29, 1.82) is 0 Å². The van der Waals surface area contributed by atoms with Crippen LogP contribution in [0.5, 0.6) is 0 Å². The number of nitro groups is 1. The number of aromatic nitrogens is 2. The van der Waals surface area contributed by atoms with Crippen molar-refractivity contribution in [3.05, 3.63) is 49.2 Å². The van der Waals surface area contributed by atoms with Gasteiger partial charge in [0.2, 0.25) is 0 Å². The summed E-state index contributed by atoms with van der Waals surface area (Å²) in [7, 11) is 1.58. The van der Waals surface area contributed by atoms with Gasteiger partial charge < -0.3 is 9.72 Å². The molecule has 20 heavy (non-hydrogen) atoms. The van der Waals surface area contributed by atoms with E-state index in [9.17, 15) is 10.1 Å². The molecule has 0 spiro atoms. The molecular formula is C12H10BrN3O3S. The molecule has 0 fully saturated rings. The number of hydrogen-bond acceptors (Lipinski definition) is 5. The number of nitro benzene ring substituents is 1. The molecule has 0 aliphatic heterocycles. The highest BCUT2D eigenvalue weighted by atomic mass is 79.9. The molecule has 1 N–H and O–H groups in total. The first-order valence-corrected chi connectivity index (χ1v) is 6.75. The molecule has 1 heterocycles. The highest BCUT2D eigenvalue weighted by Gasteiger charge is 2.10. The average molecular weight is 356 g/mol. The van der Waals surface area contributed by atoms with E-state index in [-0.39, 0.29) is 5.69 Å². The van der Waals surface area contributed by atoms with E-state index < -0.39 is 4.92 Å². The lowest BCUT2D eigenvalue weighted by molar-refractivity contribution is -0.384. The van der Waals surface area contributed by atoms with Crippen molar-refractivity contribution in [2.75, 3.05) is 7.11 Å². The van der Waals surface area contributed by atoms with E-state index in [2.05, 4.69) is 25.9 Å². The predicted molar refractivity (Wildman–Crippen MR) is 79.9 cm³/mol. The van der Waals surface area contributed by atoms with E-state index in [0.717, 1.165) is 5.69 Å². The maximum atomic E-state index is 10.6. The van der Waals surface area contributed by atoms with E-state index >= 15 is 0 Å². The number of non-ortho nitro benzene ring substituents is 1. The number of aromatic amines is 1. The zero-order chi connectivity index (χ0) is 14.7. The minimum atomic E-state index is -0.447. The molecule has 0 atom stereocenters. The molecule has 1 aromatic carbocycles. The number of H-pyrrole nitrogens is 1. The number of nitrogens with one attached hydrogen (secondary N) is 1. The van der Waals surface area contributed by atoms with Gasteiger partial charge >= 0.3 is 0 Å². The molecule has 0 aliphatic carbocycles. The summed E-state index contributed by atoms with van der Waals surface area (Å²) in [5, 5.41) is 10.6. The minimum absolute atomic E-state index is 0.0292. The molecule has 0 bridgehead atoms. The summed E-state index contributed by atoms with van der Waals surface area (Å²) in [6.07, 6.45) is 0. The van der Waals surface area contributed by atoms with Crippen LogP contribution in [0.3, 0.4) is 0 Å². The number of benzene rings is 1. The monoisotopic (exact) mass is 355 g/mol. The van der Waals surface area contributed by atoms with Crippen LogP contribution < -0.4 is 0 Å². The third-order valence-electron chi connectivity index (χ3n) is 2.58. The van der Waals surface area contributed by atoms with Crippen molar-refractivity contribution in [3.63, 3.8) is 0 Å². The lowest BCUT2D eigenvalue weighted by Gasteiger charge is -2.07. The lowest BCUT2D eigenvalue weighted by atomic mass is 10.2. The van der Waals surface area contributed by atoms with Gasteiger partial charge in [-0.25, -0.2) is 4.98 Å². The predicted octanol–water partition coefficient (Wildman–Crippen LogP) is 3.62. The molecular weight excluding hydrogens is 346 g/mol. The topological polar surface area (TPSA) is 81.0 Å². The van der Waals surface area contributed by atoms with Crippen molar-refractivity contribution >= 4 is 33.8 Å². The summed E-state index contributed by atoms with van der Waals surface area (Å²) in [6, 6.07) is 6.09. The second-order valence-corrected chi connectivity index (χ2v) is 5.10. The quantitative estimate of drug-likeness (QED) is 0.514. The van der Waals surface area contributed by atoms with Crippen LogP contribution in [0, 0.1) is 14.8 Å². The normalized spacial score (nSPS) is 10.5. The van der Waals surface area contributed by atoms with Crippen LogP contribution in [-0.4, -0.2) is 22.0 Å². The maximum Gasteiger partial charge on any atom is 0.269 e. The Labute approximate surface area is 128 Å². The van der Waals surface area contributed by atoms with E-state index in [1.165, 1.54) is 12.1 Å². The average Bonchev–Trinajstić information content (AvgIpc) is 2.44. The highest BCUT2D eigenvalue weighted by Crippen LogP contribution is 2.23. The van der Waals surface area contributed by atoms with Crippen molar-refractivity contribution in [2.45, 2.75) is 6.61 Å². The van der Waals surface area contributed by atoms with Crippen molar-refractivity contribution < 1.29 is 9.66 Å². The Hall–Kier alpha value is -1.64. The summed E-state index contributed by atoms with van der Waals surface area (Å²) in [5.74, 6) is 0.542. The van der Waals surface area contributed by atoms with Crippen LogP contribution in [0.4, 0.5) is 5.69 Å². The van der Waals surface area contributed by atoms with Gasteiger partial charge in [-0.15, -0.1) is 0 Å². The summed E-state index contributed by atoms with van der Waals surface area (Å²) in [5.41, 5.74) is 1.51. The van der Waals surface area contributed by atoms with E-state index in [0.29, 0.717) is 27.1 Å². The van der Waals surface area contributed by atoms with Crippen LogP contribution in [0.25, 0.3) is 11.4 Å². The molecule has 0 saturated heterocycles. The van der Waals surface area contributed by atoms with E-state index in [1.54, 1.807) is 19.2 Å². The second-order valence-electron chi connectivity index (χ2n) is 3.92. The molecule has 0 saturated carbocycles. The number of ether oxygens (including phenoxy) is 1. The fourth-order valence-corrected chi connectivity index (χ4v) is 2.14. The fraction of sp³-hybridized carbons (Fsp3) is 0.167. The number of halogens is 1. The van der Waals surface area contributed by atoms with Gasteiger partial charge in [-0.2, -0.15) is 0 Å². The van der Waals surface area contributed by atoms with Crippen LogP contribution in [-0.2, 0) is 11.3 Å². The van der Waals surface area contributed by atoms with Gasteiger partial charge in [0.1, 0.15) is 10.5 Å². The Balaban J connectivity index is 2.47. The standard InChI is InChI=1S/C12H10BrN3O3S/c1-19-6-9-10(13)12(20)15-11(14-9)7-2-4-8(5-3-7)16(17)18/h2-5H,6H2,1H3,(H,14,15,20). The first-order chi connectivity index (χ1) is 9.52. The summed E-state index contributed by atoms with van der Waals surface area (Å²) in [4.78, 5) is 17.5. The van der Waals surface area contributed by atoms with E-state index in [1.807, 2.05) is 0 Å². The highest BCUT2D eigenvalue weighted by molar-refractivity contribution is 9.10. The van der Waals surface area contributed by atoms with Gasteiger partial charge in [-0.1, -0.05) is 12.2 Å². The van der Waals surface area contributed by atoms with Crippen LogP contribution in [0.15, 0.2) is 28.7 Å². The molecule has 0 unspecified atom stereocenters. The molecule has 0 aliphatic rings. The minimum Gasteiger partial charge on any atom is -0.378 e. The first kappa shape index (κ1) is 14.8. The fourth-order valence-electron chi connectivity index (χ4n) is 1.63. The largest absolute Gasteiger partial charge is 0.378 e. The number of rotatable bonds is 4. The Morgan fingerprint density at radius 1 is 1.45 bits per heavy atom. The zero-order valence-corrected chi connectivity index (χ0v) is 12.8. The Morgan fingerprint density at radius 3 is 2.65 bits per heavy atom. The van der Waals surface area contributed by atoms with E-state index in [4.69, 9.17) is 17.0 Å². The molecule has 1 aromatic heterocycles. The van der Waals surface area contributed by atoms with Crippen molar-refractivity contribution in [1.82, 2.24) is 9.97 Å². The summed E-state index contributed by atoms with van der Waals surface area (Å²) in [6.45, 7) is 0.354. The van der Waals surface area contributed by atoms with Gasteiger partial charge in [0.25, 0.3) is 5.69 Å². The Morgan fingerprint density at radius 2 is 2.10 bits per heavy atom. The number of hydrogen-bond donors (Lipinski definition) is 1. The van der Waals surface area contributed by atoms with Crippen LogP contribution >= 0.6 is 28.1 Å². The summed E-state index contributed by atoms with van der Waals surface area (Å²) >= 11 is 8.52. The van der Waals surface area contributed by atoms with Crippen LogP contribution in [0.2, 0.25) is 0 Å². The maximum absolute atomic E-state index is 10.6. The Bertz CT molecular complexity index is 700. The third-order valence-corrected chi connectivity index (χ3v) is 3.99. The molecule has 6 nitrogen and oxygen atoms in total. The summed E-state index contributed by atoms with van der Waals surface area (Å²) < 4.78 is 6.17. The molecule has 0 amide bonds. The lowest BCUT2D eigenvalue weighted by Crippen LogP contribution is -2.00. The molecule has 0 radical (unpaired) electrons. The van der Waals surface area contributed by atoms with Crippen molar-refractivity contribution in [3.8, 4) is 11.4 Å². The third kappa shape index (κ3) is 3.09. The van der Waals surface area contributed by atoms with Gasteiger partial charge in [0.15, 0.2) is 0 Å². The Kier molecular flexibility index (Phi) is 4.58. The van der Waals surface area contributed by atoms with Gasteiger partial charge in [0.05, 0.1) is 21.7 Å². The van der Waals surface area contributed by atoms with Crippen LogP contribution in [0.1, 0.15) is 5.69 Å². The zero-order valence-electron chi connectivity index (χ0n) is 10.4. The van der Waals surface area contributed by atoms with Gasteiger partial charge in [-0.05, 0) is 28.1 Å². The first-order valence-electron chi connectivity index (χ1n) is 5.55. The van der Waals surface area contributed by atoms with Crippen molar-refractivity contribution in [2.24, 2.45) is 0 Å². The molecule has 2 rings (SSSR count). The molecule has 2 aromatic rings.